The first-order chi connectivity index (χ1) is 14.7. The van der Waals surface area contributed by atoms with Gasteiger partial charge in [-0.2, -0.15) is 0 Å². The van der Waals surface area contributed by atoms with Crippen LogP contribution in [-0.4, -0.2) is 52.0 Å². The van der Waals surface area contributed by atoms with Gasteiger partial charge in [-0.25, -0.2) is 4.98 Å². The van der Waals surface area contributed by atoms with Crippen LogP contribution in [0.25, 0.3) is 0 Å². The van der Waals surface area contributed by atoms with Crippen molar-refractivity contribution in [2.24, 2.45) is 5.92 Å². The Balaban J connectivity index is 0.00000110. The minimum absolute atomic E-state index is 0.186. The molecular weight excluding hydrogens is 436 g/mol. The summed E-state index contributed by atoms with van der Waals surface area (Å²) in [6, 6.07) is 9.36. The van der Waals surface area contributed by atoms with E-state index >= 15 is 0 Å². The lowest BCUT2D eigenvalue weighted by Gasteiger charge is -2.17. The number of nitrogens with one attached hydrogen (secondary N) is 3. The molecule has 5 N–H and O–H groups in total. The third kappa shape index (κ3) is 11.7. The number of hydrogen-bond acceptors (Lipinski definition) is 8. The van der Waals surface area contributed by atoms with E-state index in [1.165, 1.54) is 23.3 Å². The molecule has 31 heavy (non-hydrogen) atoms. The van der Waals surface area contributed by atoms with Gasteiger partial charge in [0.25, 0.3) is 5.91 Å². The average molecular weight is 469 g/mol. The molecule has 172 valence electrons. The molecule has 0 aliphatic carbocycles. The van der Waals surface area contributed by atoms with E-state index in [9.17, 15) is 19.8 Å². The van der Waals surface area contributed by atoms with Gasteiger partial charge in [-0.15, -0.1) is 11.3 Å². The van der Waals surface area contributed by atoms with Crippen LogP contribution in [0.3, 0.4) is 0 Å². The molecule has 0 aliphatic rings. The summed E-state index contributed by atoms with van der Waals surface area (Å²) >= 11 is 2.65. The van der Waals surface area contributed by atoms with Crippen LogP contribution in [-0.2, 0) is 11.3 Å². The van der Waals surface area contributed by atoms with Gasteiger partial charge in [-0.3, -0.25) is 9.59 Å². The largest absolute Gasteiger partial charge is 0.390 e. The van der Waals surface area contributed by atoms with Crippen LogP contribution in [0.4, 0.5) is 5.13 Å². The number of aliphatic hydroxyl groups excluding tert-OH is 2. The number of thiazole rings is 1. The molecule has 2 amide bonds. The molecule has 10 heteroatoms. The maximum atomic E-state index is 12.0. The number of nitrogens with zero attached hydrogens (tertiary/aromatic N) is 1. The van der Waals surface area contributed by atoms with Gasteiger partial charge in [0, 0.05) is 24.7 Å². The van der Waals surface area contributed by atoms with Crippen LogP contribution < -0.4 is 15.4 Å². The normalized spacial score (nSPS) is 12.4. The van der Waals surface area contributed by atoms with Crippen molar-refractivity contribution in [1.29, 1.82) is 0 Å². The van der Waals surface area contributed by atoms with Gasteiger partial charge < -0.3 is 25.6 Å². The Labute approximate surface area is 192 Å². The highest BCUT2D eigenvalue weighted by Gasteiger charge is 2.21. The number of aliphatic hydroxyl groups is 2. The Hall–Kier alpha value is -2.14. The SMILES string of the molecule is CC(C)C.CSNc1nc(C(=O)NCC(O)C(O)CC(=O)NCc2ccccc2)cs1. The predicted octanol–water partition coefficient (Wildman–Crippen LogP) is 2.65. The van der Waals surface area contributed by atoms with Crippen molar-refractivity contribution in [3.63, 3.8) is 0 Å². The number of hydrogen-bond donors (Lipinski definition) is 5. The molecule has 2 atom stereocenters. The van der Waals surface area contributed by atoms with Crippen LogP contribution in [0, 0.1) is 5.92 Å². The Bertz CT molecular complexity index is 784. The number of carbonyl (C=O) groups is 2. The van der Waals surface area contributed by atoms with Crippen molar-refractivity contribution in [2.45, 2.75) is 45.9 Å². The molecule has 0 radical (unpaired) electrons. The Morgan fingerprint density at radius 3 is 2.35 bits per heavy atom. The molecule has 2 aromatic rings. The van der Waals surface area contributed by atoms with E-state index in [1.807, 2.05) is 36.6 Å². The summed E-state index contributed by atoms with van der Waals surface area (Å²) in [5.74, 6) is -0.0100. The summed E-state index contributed by atoms with van der Waals surface area (Å²) in [7, 11) is 0. The molecule has 0 saturated carbocycles. The minimum Gasteiger partial charge on any atom is -0.390 e. The number of aromatic nitrogens is 1. The molecule has 0 spiro atoms. The van der Waals surface area contributed by atoms with Gasteiger partial charge in [0.2, 0.25) is 5.91 Å². The van der Waals surface area contributed by atoms with Gasteiger partial charge in [0.1, 0.15) is 5.69 Å². The standard InChI is InChI=1S/C17H22N4O4S2.C4H10/c1-26-21-17-20-12(10-27-17)16(25)19-9-14(23)13(22)7-15(24)18-8-11-5-3-2-4-6-11;1-4(2)3/h2-6,10,13-14,22-23H,7-9H2,1H3,(H,18,24)(H,19,25)(H,20,21);4H,1-3H3. The second-order valence-electron chi connectivity index (χ2n) is 7.39. The highest BCUT2D eigenvalue weighted by Crippen LogP contribution is 2.17. The van der Waals surface area contributed by atoms with Gasteiger partial charge >= 0.3 is 0 Å². The monoisotopic (exact) mass is 468 g/mol. The van der Waals surface area contributed by atoms with Crippen molar-refractivity contribution in [1.82, 2.24) is 15.6 Å². The van der Waals surface area contributed by atoms with E-state index in [0.29, 0.717) is 11.7 Å². The summed E-state index contributed by atoms with van der Waals surface area (Å²) in [6.45, 7) is 6.66. The zero-order chi connectivity index (χ0) is 23.2. The van der Waals surface area contributed by atoms with Crippen LogP contribution in [0.15, 0.2) is 35.7 Å². The van der Waals surface area contributed by atoms with Crippen LogP contribution in [0.5, 0.6) is 0 Å². The van der Waals surface area contributed by atoms with E-state index in [-0.39, 0.29) is 24.6 Å². The molecule has 2 unspecified atom stereocenters. The Kier molecular flexibility index (Phi) is 12.8. The first-order valence-corrected chi connectivity index (χ1v) is 12.0. The molecular formula is C21H32N4O4S2. The number of anilines is 1. The molecule has 0 bridgehead atoms. The summed E-state index contributed by atoms with van der Waals surface area (Å²) < 4.78 is 2.92. The van der Waals surface area contributed by atoms with E-state index in [0.717, 1.165) is 11.5 Å². The fourth-order valence-electron chi connectivity index (χ4n) is 2.13. The first kappa shape index (κ1) is 26.9. The molecule has 0 saturated heterocycles. The fraction of sp³-hybridized carbons (Fsp3) is 0.476. The molecule has 8 nitrogen and oxygen atoms in total. The maximum absolute atomic E-state index is 12.0. The summed E-state index contributed by atoms with van der Waals surface area (Å²) in [6.07, 6.45) is -0.971. The van der Waals surface area contributed by atoms with Crippen molar-refractivity contribution in [3.8, 4) is 0 Å². The van der Waals surface area contributed by atoms with Crippen molar-refractivity contribution < 1.29 is 19.8 Å². The maximum Gasteiger partial charge on any atom is 0.270 e. The molecule has 0 aliphatic heterocycles. The van der Waals surface area contributed by atoms with Crippen LogP contribution >= 0.6 is 23.3 Å². The average Bonchev–Trinajstić information content (AvgIpc) is 3.19. The Morgan fingerprint density at radius 2 is 1.74 bits per heavy atom. The predicted molar refractivity (Wildman–Crippen MR) is 127 cm³/mol. The van der Waals surface area contributed by atoms with Gasteiger partial charge in [0.15, 0.2) is 5.13 Å². The quantitative estimate of drug-likeness (QED) is 0.340. The number of benzene rings is 1. The smallest absolute Gasteiger partial charge is 0.270 e. The van der Waals surface area contributed by atoms with Crippen molar-refractivity contribution in [3.05, 3.63) is 47.0 Å². The highest BCUT2D eigenvalue weighted by atomic mass is 32.2. The van der Waals surface area contributed by atoms with Crippen molar-refractivity contribution >= 4 is 40.2 Å². The second kappa shape index (κ2) is 14.8. The van der Waals surface area contributed by atoms with E-state index in [1.54, 1.807) is 5.38 Å². The van der Waals surface area contributed by atoms with E-state index in [2.05, 4.69) is 41.1 Å². The lowest BCUT2D eigenvalue weighted by Crippen LogP contribution is -2.41. The zero-order valence-corrected chi connectivity index (χ0v) is 19.9. The molecule has 1 heterocycles. The lowest BCUT2D eigenvalue weighted by molar-refractivity contribution is -0.124. The number of carbonyl (C=O) groups excluding carboxylic acids is 2. The number of rotatable bonds is 10. The minimum atomic E-state index is -1.29. The van der Waals surface area contributed by atoms with Gasteiger partial charge in [0.05, 0.1) is 18.6 Å². The third-order valence-corrected chi connectivity index (χ3v) is 4.85. The molecule has 0 fully saturated rings. The van der Waals surface area contributed by atoms with Crippen LogP contribution in [0.1, 0.15) is 43.2 Å². The van der Waals surface area contributed by atoms with Gasteiger partial charge in [-0.1, -0.05) is 63.1 Å². The molecule has 2 rings (SSSR count). The van der Waals surface area contributed by atoms with Crippen molar-refractivity contribution in [2.75, 3.05) is 17.5 Å². The zero-order valence-electron chi connectivity index (χ0n) is 18.3. The molecule has 1 aromatic heterocycles. The lowest BCUT2D eigenvalue weighted by atomic mass is 10.1. The van der Waals surface area contributed by atoms with E-state index < -0.39 is 18.1 Å². The summed E-state index contributed by atoms with van der Waals surface area (Å²) in [4.78, 5) is 28.0. The van der Waals surface area contributed by atoms with Crippen LogP contribution in [0.2, 0.25) is 0 Å². The number of amides is 2. The highest BCUT2D eigenvalue weighted by molar-refractivity contribution is 8.00. The second-order valence-corrected chi connectivity index (χ2v) is 8.86. The molecule has 1 aromatic carbocycles. The van der Waals surface area contributed by atoms with E-state index in [4.69, 9.17) is 0 Å². The summed E-state index contributed by atoms with van der Waals surface area (Å²) in [5.41, 5.74) is 1.16. The first-order valence-electron chi connectivity index (χ1n) is 9.92. The summed E-state index contributed by atoms with van der Waals surface area (Å²) in [5, 5.41) is 27.3. The van der Waals surface area contributed by atoms with Gasteiger partial charge in [-0.05, 0) is 11.5 Å². The Morgan fingerprint density at radius 1 is 1.10 bits per heavy atom. The third-order valence-electron chi connectivity index (χ3n) is 3.57. The topological polar surface area (TPSA) is 124 Å². The fourth-order valence-corrected chi connectivity index (χ4v) is 3.33.